The average Bonchev–Trinajstić information content (AvgIpc) is 3.21. The molecule has 5 rings (SSSR count). The number of ketones is 1. The van der Waals surface area contributed by atoms with Gasteiger partial charge >= 0.3 is 0 Å². The summed E-state index contributed by atoms with van der Waals surface area (Å²) in [6, 6.07) is 22.8. The van der Waals surface area contributed by atoms with E-state index in [1.807, 2.05) is 70.1 Å². The molecule has 8 heteroatoms. The van der Waals surface area contributed by atoms with Gasteiger partial charge in [-0.25, -0.2) is 13.5 Å². The monoisotopic (exact) mass is 532 g/mol. The summed E-state index contributed by atoms with van der Waals surface area (Å²) in [7, 11) is 0. The molecule has 6 nitrogen and oxygen atoms in total. The number of benzene rings is 3. The summed E-state index contributed by atoms with van der Waals surface area (Å²) in [5, 5.41) is 3.92. The third-order valence-electron chi connectivity index (χ3n) is 5.75. The van der Waals surface area contributed by atoms with E-state index in [4.69, 9.17) is 0 Å². The van der Waals surface area contributed by atoms with E-state index in [9.17, 15) is 14.0 Å². The first-order valence-corrected chi connectivity index (χ1v) is 11.0. The highest BCUT2D eigenvalue weighted by atomic mass is 79.9. The molecule has 0 unspecified atom stereocenters. The van der Waals surface area contributed by atoms with Crippen molar-refractivity contribution in [3.8, 4) is 0 Å². The molecule has 0 spiro atoms. The molecule has 0 saturated heterocycles. The maximum Gasteiger partial charge on any atom is 0.245 e. The van der Waals surface area contributed by atoms with Crippen molar-refractivity contribution in [2.75, 3.05) is 5.32 Å². The van der Waals surface area contributed by atoms with Crippen molar-refractivity contribution in [1.82, 2.24) is 9.55 Å². The molecule has 3 aromatic carbocycles. The SMILES string of the molecule is O=C(CCn1c[n+](CC(=O)c2ccc(F)cc2)c2ccccc21)Nc1cccc2cccnc12.[Br-]. The van der Waals surface area contributed by atoms with E-state index in [-0.39, 0.29) is 47.5 Å². The Morgan fingerprint density at radius 3 is 2.54 bits per heavy atom. The van der Waals surface area contributed by atoms with Gasteiger partial charge < -0.3 is 22.3 Å². The molecule has 0 atom stereocenters. The van der Waals surface area contributed by atoms with Gasteiger partial charge in [-0.05, 0) is 48.5 Å². The summed E-state index contributed by atoms with van der Waals surface area (Å²) in [6.45, 7) is 0.565. The van der Waals surface area contributed by atoms with Gasteiger partial charge in [-0.15, -0.1) is 0 Å². The van der Waals surface area contributed by atoms with E-state index in [2.05, 4.69) is 10.3 Å². The number of fused-ring (bicyclic) bond motifs is 2. The molecule has 176 valence electrons. The van der Waals surface area contributed by atoms with Crippen molar-refractivity contribution >= 4 is 39.3 Å². The first kappa shape index (κ1) is 24.2. The number of imidazole rings is 1. The smallest absolute Gasteiger partial charge is 0.245 e. The van der Waals surface area contributed by atoms with Crippen molar-refractivity contribution in [3.05, 3.63) is 103 Å². The Bertz CT molecular complexity index is 1510. The van der Waals surface area contributed by atoms with Crippen molar-refractivity contribution in [3.63, 3.8) is 0 Å². The Balaban J connectivity index is 0.00000289. The van der Waals surface area contributed by atoms with Crippen LogP contribution in [0.4, 0.5) is 10.1 Å². The van der Waals surface area contributed by atoms with Crippen molar-refractivity contribution in [1.29, 1.82) is 0 Å². The first-order chi connectivity index (χ1) is 16.6. The third-order valence-corrected chi connectivity index (χ3v) is 5.75. The molecular formula is C27H22BrFN4O2. The van der Waals surface area contributed by atoms with Crippen LogP contribution in [0.3, 0.4) is 0 Å². The van der Waals surface area contributed by atoms with Crippen molar-refractivity contribution in [2.24, 2.45) is 0 Å². The van der Waals surface area contributed by atoms with Gasteiger partial charge in [0.1, 0.15) is 5.82 Å². The molecule has 0 bridgehead atoms. The molecule has 1 amide bonds. The highest BCUT2D eigenvalue weighted by Crippen LogP contribution is 2.21. The molecule has 2 heterocycles. The first-order valence-electron chi connectivity index (χ1n) is 11.0. The predicted octanol–water partition coefficient (Wildman–Crippen LogP) is 1.53. The minimum atomic E-state index is -0.377. The minimum absolute atomic E-state index is 0. The van der Waals surface area contributed by atoms with Crippen LogP contribution in [-0.2, 0) is 17.9 Å². The van der Waals surface area contributed by atoms with Crippen LogP contribution >= 0.6 is 0 Å². The van der Waals surface area contributed by atoms with Gasteiger partial charge in [-0.2, -0.15) is 0 Å². The van der Waals surface area contributed by atoms with Crippen LogP contribution < -0.4 is 26.9 Å². The second-order valence-corrected chi connectivity index (χ2v) is 8.03. The molecule has 1 N–H and O–H groups in total. The zero-order chi connectivity index (χ0) is 23.5. The number of amides is 1. The summed E-state index contributed by atoms with van der Waals surface area (Å²) < 4.78 is 17.0. The maximum atomic E-state index is 13.2. The third kappa shape index (κ3) is 5.27. The molecule has 0 saturated carbocycles. The number of hydrogen-bond acceptors (Lipinski definition) is 3. The van der Waals surface area contributed by atoms with Crippen LogP contribution in [0.5, 0.6) is 0 Å². The number of aryl methyl sites for hydroxylation is 1. The second-order valence-electron chi connectivity index (χ2n) is 8.03. The number of hydrogen-bond donors (Lipinski definition) is 1. The number of aromatic nitrogens is 3. The Kier molecular flexibility index (Phi) is 7.31. The van der Waals surface area contributed by atoms with Crippen LogP contribution in [0.25, 0.3) is 21.9 Å². The fourth-order valence-corrected chi connectivity index (χ4v) is 4.07. The van der Waals surface area contributed by atoms with Crippen molar-refractivity contribution in [2.45, 2.75) is 19.5 Å². The fourth-order valence-electron chi connectivity index (χ4n) is 4.07. The summed E-state index contributed by atoms with van der Waals surface area (Å²) in [5.41, 5.74) is 3.70. The summed E-state index contributed by atoms with van der Waals surface area (Å²) in [4.78, 5) is 29.8. The number of nitrogens with zero attached hydrogens (tertiary/aromatic N) is 3. The van der Waals surface area contributed by atoms with Crippen LogP contribution in [0, 0.1) is 5.82 Å². The van der Waals surface area contributed by atoms with Crippen LogP contribution in [0.15, 0.2) is 91.4 Å². The topological polar surface area (TPSA) is 67.9 Å². The number of carbonyl (C=O) groups excluding carboxylic acids is 2. The molecule has 2 aromatic heterocycles. The van der Waals surface area contributed by atoms with E-state index in [0.29, 0.717) is 17.8 Å². The van der Waals surface area contributed by atoms with E-state index >= 15 is 0 Å². The van der Waals surface area contributed by atoms with Crippen LogP contribution in [-0.4, -0.2) is 21.2 Å². The highest BCUT2D eigenvalue weighted by molar-refractivity contribution is 6.00. The quantitative estimate of drug-likeness (QED) is 0.255. The van der Waals surface area contributed by atoms with Gasteiger partial charge in [-0.1, -0.05) is 30.3 Å². The van der Waals surface area contributed by atoms with Crippen LogP contribution in [0.2, 0.25) is 0 Å². The number of rotatable bonds is 7. The zero-order valence-corrected chi connectivity index (χ0v) is 20.3. The van der Waals surface area contributed by atoms with E-state index < -0.39 is 0 Å². The molecule has 0 aliphatic heterocycles. The maximum absolute atomic E-state index is 13.2. The van der Waals surface area contributed by atoms with Crippen molar-refractivity contribution < 1.29 is 35.5 Å². The number of para-hydroxylation sites is 3. The Labute approximate surface area is 211 Å². The molecule has 5 aromatic rings. The van der Waals surface area contributed by atoms with E-state index in [0.717, 1.165) is 21.9 Å². The standard InChI is InChI=1S/C27H21FN4O2.BrH/c28-21-12-10-19(11-13-21)25(33)17-32-18-31(23-8-1-2-9-24(23)32)16-14-26(34)30-22-7-3-5-20-6-4-15-29-27(20)22;/h1-13,15,18H,14,16-17H2;1H. The normalized spacial score (nSPS) is 10.8. The van der Waals surface area contributed by atoms with E-state index in [1.165, 1.54) is 24.3 Å². The number of carbonyl (C=O) groups is 2. The number of Topliss-reactive ketones (excluding diaryl/α,β-unsaturated/α-hetero) is 1. The molecular weight excluding hydrogens is 511 g/mol. The number of nitrogens with one attached hydrogen (secondary N) is 1. The minimum Gasteiger partial charge on any atom is -1.00 e. The molecule has 0 aliphatic rings. The lowest BCUT2D eigenvalue weighted by atomic mass is 10.1. The summed E-state index contributed by atoms with van der Waals surface area (Å²) in [6.07, 6.45) is 3.81. The van der Waals surface area contributed by atoms with Gasteiger partial charge in [0.2, 0.25) is 18.0 Å². The molecule has 35 heavy (non-hydrogen) atoms. The van der Waals surface area contributed by atoms with Gasteiger partial charge in [0.15, 0.2) is 17.6 Å². The lowest BCUT2D eigenvalue weighted by Gasteiger charge is -2.07. The van der Waals surface area contributed by atoms with Gasteiger partial charge in [0.25, 0.3) is 0 Å². The Morgan fingerprint density at radius 2 is 1.71 bits per heavy atom. The zero-order valence-electron chi connectivity index (χ0n) is 18.7. The number of anilines is 1. The lowest BCUT2D eigenvalue weighted by Crippen LogP contribution is -3.00. The largest absolute Gasteiger partial charge is 1.00 e. The lowest BCUT2D eigenvalue weighted by molar-refractivity contribution is -0.657. The van der Waals surface area contributed by atoms with Gasteiger partial charge in [-0.3, -0.25) is 14.6 Å². The predicted molar refractivity (Wildman–Crippen MR) is 128 cm³/mol. The summed E-state index contributed by atoms with van der Waals surface area (Å²) in [5.74, 6) is -0.614. The Morgan fingerprint density at radius 1 is 0.943 bits per heavy atom. The van der Waals surface area contributed by atoms with E-state index in [1.54, 1.807) is 6.20 Å². The average molecular weight is 533 g/mol. The number of pyridine rings is 1. The molecule has 0 aliphatic carbocycles. The number of halogens is 2. The second kappa shape index (κ2) is 10.6. The fraction of sp³-hybridized carbons (Fsp3) is 0.111. The summed E-state index contributed by atoms with van der Waals surface area (Å²) >= 11 is 0. The van der Waals surface area contributed by atoms with Gasteiger partial charge in [0.05, 0.1) is 24.2 Å². The molecule has 0 fully saturated rings. The Hall–Kier alpha value is -3.91. The van der Waals surface area contributed by atoms with Crippen LogP contribution in [0.1, 0.15) is 16.8 Å². The molecule has 0 radical (unpaired) electrons. The highest BCUT2D eigenvalue weighted by Gasteiger charge is 2.19. The van der Waals surface area contributed by atoms with Gasteiger partial charge in [0, 0.05) is 17.1 Å².